The van der Waals surface area contributed by atoms with Crippen LogP contribution in [0.15, 0.2) is 72.9 Å². The van der Waals surface area contributed by atoms with Gasteiger partial charge in [0.05, 0.1) is 33.0 Å². The monoisotopic (exact) mass is 764 g/mol. The maximum Gasteiger partial charge on any atom is 0.330 e. The Kier molecular flexibility index (Phi) is 12.6. The van der Waals surface area contributed by atoms with Crippen molar-refractivity contribution in [2.24, 2.45) is 0 Å². The lowest BCUT2D eigenvalue weighted by Gasteiger charge is -2.36. The molecule has 296 valence electrons. The summed E-state index contributed by atoms with van der Waals surface area (Å²) in [6.07, 6.45) is 3.35. The van der Waals surface area contributed by atoms with E-state index in [0.29, 0.717) is 47.5 Å². The van der Waals surface area contributed by atoms with Gasteiger partial charge in [0.1, 0.15) is 22.9 Å². The summed E-state index contributed by atoms with van der Waals surface area (Å²) in [4.78, 5) is 55.9. The molecule has 1 aromatic heterocycles. The SMILES string of the molecule is CCC(=O)Nc1ccc(CN2C(=O)N(c3cc(OC)cc(OC)c3)Cc3cnc(Nc4ccc(N5CCN(CCCC(=O)OC(C)(C)C)CC5)cc4)nc32)cc1. The highest BCUT2D eigenvalue weighted by Gasteiger charge is 2.34. The number of fused-ring (bicyclic) bond motifs is 1. The fourth-order valence-corrected chi connectivity index (χ4v) is 6.65. The molecule has 1 saturated heterocycles. The van der Waals surface area contributed by atoms with E-state index in [9.17, 15) is 14.4 Å². The molecule has 0 saturated carbocycles. The summed E-state index contributed by atoms with van der Waals surface area (Å²) in [5.41, 5.74) is 4.41. The number of ether oxygens (including phenoxy) is 3. The maximum absolute atomic E-state index is 14.4. The average molecular weight is 765 g/mol. The van der Waals surface area contributed by atoms with Crippen molar-refractivity contribution < 1.29 is 28.6 Å². The molecule has 6 rings (SSSR count). The number of esters is 1. The van der Waals surface area contributed by atoms with E-state index < -0.39 is 5.60 Å². The van der Waals surface area contributed by atoms with Gasteiger partial charge in [0.15, 0.2) is 0 Å². The van der Waals surface area contributed by atoms with Crippen LogP contribution in [0.3, 0.4) is 0 Å². The summed E-state index contributed by atoms with van der Waals surface area (Å²) < 4.78 is 16.4. The van der Waals surface area contributed by atoms with E-state index in [2.05, 4.69) is 37.6 Å². The number of carbonyl (C=O) groups is 3. The Morgan fingerprint density at radius 1 is 0.857 bits per heavy atom. The molecule has 3 amide bonds. The van der Waals surface area contributed by atoms with Crippen LogP contribution < -0.4 is 34.8 Å². The standard InChI is InChI=1S/C42H52N8O6/c1-7-37(51)44-31-12-10-29(11-13-31)27-50-39-30(28-49(41(50)53)34-23-35(54-5)25-36(24-34)55-6)26-43-40(46-39)45-32-14-16-33(17-15-32)48-21-19-47(20-22-48)18-8-9-38(52)56-42(2,3)4/h10-17,23-26H,7-9,18-22,27-28H2,1-6H3,(H,44,51)(H,43,45,46). The van der Waals surface area contributed by atoms with Crippen LogP contribution in [0, 0.1) is 0 Å². The summed E-state index contributed by atoms with van der Waals surface area (Å²) >= 11 is 0. The van der Waals surface area contributed by atoms with Gasteiger partial charge in [0.2, 0.25) is 11.9 Å². The minimum absolute atomic E-state index is 0.0725. The van der Waals surface area contributed by atoms with Gasteiger partial charge < -0.3 is 29.7 Å². The van der Waals surface area contributed by atoms with Crippen molar-refractivity contribution in [1.29, 1.82) is 0 Å². The molecule has 0 spiro atoms. The van der Waals surface area contributed by atoms with Crippen molar-refractivity contribution in [3.05, 3.63) is 84.1 Å². The summed E-state index contributed by atoms with van der Waals surface area (Å²) in [6, 6.07) is 20.7. The maximum atomic E-state index is 14.4. The molecule has 3 aromatic carbocycles. The van der Waals surface area contributed by atoms with Gasteiger partial charge in [-0.05, 0) is 75.7 Å². The minimum Gasteiger partial charge on any atom is -0.497 e. The van der Waals surface area contributed by atoms with Crippen molar-refractivity contribution in [1.82, 2.24) is 14.9 Å². The third kappa shape index (κ3) is 10.2. The number of benzene rings is 3. The van der Waals surface area contributed by atoms with Crippen molar-refractivity contribution >= 4 is 52.4 Å². The molecule has 1 fully saturated rings. The molecule has 56 heavy (non-hydrogen) atoms. The first-order valence-electron chi connectivity index (χ1n) is 19.0. The number of aromatic nitrogens is 2. The Labute approximate surface area is 328 Å². The van der Waals surface area contributed by atoms with Crippen molar-refractivity contribution in [2.45, 2.75) is 65.6 Å². The number of nitrogens with zero attached hydrogens (tertiary/aromatic N) is 6. The molecule has 14 nitrogen and oxygen atoms in total. The smallest absolute Gasteiger partial charge is 0.330 e. The number of rotatable bonds is 14. The number of nitrogens with one attached hydrogen (secondary N) is 2. The number of piperazine rings is 1. The zero-order chi connectivity index (χ0) is 39.8. The van der Waals surface area contributed by atoms with Crippen LogP contribution in [0.2, 0.25) is 0 Å². The highest BCUT2D eigenvalue weighted by atomic mass is 16.6. The van der Waals surface area contributed by atoms with Crippen LogP contribution in [0.4, 0.5) is 39.3 Å². The van der Waals surface area contributed by atoms with Gasteiger partial charge in [0.25, 0.3) is 0 Å². The number of urea groups is 1. The quantitative estimate of drug-likeness (QED) is 0.129. The van der Waals surface area contributed by atoms with Crippen molar-refractivity contribution in [2.75, 3.05) is 72.3 Å². The number of hydrogen-bond donors (Lipinski definition) is 2. The molecular formula is C42H52N8O6. The zero-order valence-corrected chi connectivity index (χ0v) is 33.1. The Balaban J connectivity index is 1.14. The average Bonchev–Trinajstić information content (AvgIpc) is 3.19. The molecule has 4 aromatic rings. The predicted octanol–water partition coefficient (Wildman–Crippen LogP) is 6.98. The van der Waals surface area contributed by atoms with E-state index in [4.69, 9.17) is 19.2 Å². The predicted molar refractivity (Wildman–Crippen MR) is 218 cm³/mol. The van der Waals surface area contributed by atoms with Crippen LogP contribution in [0.25, 0.3) is 0 Å². The Bertz CT molecular complexity index is 1970. The second-order valence-electron chi connectivity index (χ2n) is 14.9. The van der Waals surface area contributed by atoms with E-state index in [1.165, 1.54) is 0 Å². The summed E-state index contributed by atoms with van der Waals surface area (Å²) in [5, 5.41) is 6.20. The van der Waals surface area contributed by atoms with E-state index in [1.807, 2.05) is 57.2 Å². The summed E-state index contributed by atoms with van der Waals surface area (Å²) in [5.74, 6) is 1.77. The van der Waals surface area contributed by atoms with Crippen molar-refractivity contribution in [3.63, 3.8) is 0 Å². The van der Waals surface area contributed by atoms with Gasteiger partial charge >= 0.3 is 12.0 Å². The number of hydrogen-bond acceptors (Lipinski definition) is 11. The van der Waals surface area contributed by atoms with Crippen LogP contribution in [0.1, 0.15) is 58.1 Å². The highest BCUT2D eigenvalue weighted by Crippen LogP contribution is 2.36. The van der Waals surface area contributed by atoms with Gasteiger partial charge in [-0.3, -0.25) is 24.3 Å². The Morgan fingerprint density at radius 3 is 2.14 bits per heavy atom. The van der Waals surface area contributed by atoms with Crippen LogP contribution in [0.5, 0.6) is 11.5 Å². The molecule has 3 heterocycles. The molecule has 0 unspecified atom stereocenters. The van der Waals surface area contributed by atoms with Crippen LogP contribution in [-0.4, -0.2) is 85.3 Å². The molecule has 2 aliphatic heterocycles. The lowest BCUT2D eigenvalue weighted by Crippen LogP contribution is -2.47. The van der Waals surface area contributed by atoms with Gasteiger partial charge in [-0.1, -0.05) is 19.1 Å². The van der Waals surface area contributed by atoms with Crippen LogP contribution >= 0.6 is 0 Å². The molecule has 0 radical (unpaired) electrons. The number of anilines is 6. The fourth-order valence-electron chi connectivity index (χ4n) is 6.65. The molecule has 14 heteroatoms. The summed E-state index contributed by atoms with van der Waals surface area (Å²) in [6.45, 7) is 12.5. The largest absolute Gasteiger partial charge is 0.497 e. The van der Waals surface area contributed by atoms with E-state index in [1.54, 1.807) is 55.3 Å². The third-order valence-corrected chi connectivity index (χ3v) is 9.57. The van der Waals surface area contributed by atoms with Gasteiger partial charge in [0, 0.05) is 86.0 Å². The van der Waals surface area contributed by atoms with Crippen molar-refractivity contribution in [3.8, 4) is 11.5 Å². The molecule has 0 atom stereocenters. The molecule has 2 aliphatic rings. The highest BCUT2D eigenvalue weighted by molar-refractivity contribution is 6.05. The minimum atomic E-state index is -0.453. The van der Waals surface area contributed by atoms with Gasteiger partial charge in [-0.2, -0.15) is 4.98 Å². The normalized spacial score (nSPS) is 14.6. The summed E-state index contributed by atoms with van der Waals surface area (Å²) in [7, 11) is 3.14. The second-order valence-corrected chi connectivity index (χ2v) is 14.9. The Hall–Kier alpha value is -5.89. The van der Waals surface area contributed by atoms with Gasteiger partial charge in [-0.15, -0.1) is 0 Å². The van der Waals surface area contributed by atoms with Gasteiger partial charge in [-0.25, -0.2) is 9.78 Å². The topological polar surface area (TPSA) is 142 Å². The molecule has 2 N–H and O–H groups in total. The lowest BCUT2D eigenvalue weighted by molar-refractivity contribution is -0.155. The first-order valence-corrected chi connectivity index (χ1v) is 19.0. The fraction of sp³-hybridized carbons (Fsp3) is 0.405. The Morgan fingerprint density at radius 2 is 1.52 bits per heavy atom. The zero-order valence-electron chi connectivity index (χ0n) is 33.1. The first-order chi connectivity index (χ1) is 26.9. The number of carbonyl (C=O) groups excluding carboxylic acids is 3. The molecule has 0 aliphatic carbocycles. The lowest BCUT2D eigenvalue weighted by atomic mass is 10.1. The van der Waals surface area contributed by atoms with E-state index in [-0.39, 0.29) is 31.0 Å². The van der Waals surface area contributed by atoms with E-state index >= 15 is 0 Å². The number of amides is 3. The molecule has 0 bridgehead atoms. The number of methoxy groups -OCH3 is 2. The second kappa shape index (κ2) is 17.7. The molecular weight excluding hydrogens is 713 g/mol. The van der Waals surface area contributed by atoms with Crippen LogP contribution in [-0.2, 0) is 27.4 Å². The first kappa shape index (κ1) is 39.8. The van der Waals surface area contributed by atoms with E-state index in [0.717, 1.165) is 61.6 Å². The third-order valence-electron chi connectivity index (χ3n) is 9.57.